The molecule has 5 heteroatoms. The second-order valence-electron chi connectivity index (χ2n) is 4.54. The molecule has 0 aliphatic rings. The number of carbonyl (C=O) groups excluding carboxylic acids is 1. The van der Waals surface area contributed by atoms with Crippen LogP contribution >= 0.6 is 0 Å². The first-order valence-corrected chi connectivity index (χ1v) is 6.18. The van der Waals surface area contributed by atoms with E-state index in [0.29, 0.717) is 18.9 Å². The van der Waals surface area contributed by atoms with Crippen molar-refractivity contribution in [1.82, 2.24) is 5.32 Å². The Morgan fingerprint density at radius 1 is 1.44 bits per heavy atom. The summed E-state index contributed by atoms with van der Waals surface area (Å²) in [6.07, 6.45) is 3.27. The minimum absolute atomic E-state index is 0.00187. The number of aliphatic carboxylic acids is 1. The monoisotopic (exact) mass is 257 g/mol. The standard InChI is InChI=1S/C13H23NO4/c1-4-5-6-12(15)14-11(13(16)17)9-18-8-7-10(2)3/h4,10-11H,1,5-9H2,2-3H3,(H,14,15)(H,16,17). The lowest BCUT2D eigenvalue weighted by Gasteiger charge is -2.15. The minimum Gasteiger partial charge on any atom is -0.480 e. The van der Waals surface area contributed by atoms with E-state index in [0.717, 1.165) is 6.42 Å². The number of allylic oxidation sites excluding steroid dienone is 1. The highest BCUT2D eigenvalue weighted by Gasteiger charge is 2.19. The maximum absolute atomic E-state index is 11.4. The molecule has 1 amide bonds. The molecular formula is C13H23NO4. The van der Waals surface area contributed by atoms with Crippen LogP contribution in [0.25, 0.3) is 0 Å². The fourth-order valence-electron chi connectivity index (χ4n) is 1.19. The number of carboxylic acids is 1. The van der Waals surface area contributed by atoms with Crippen LogP contribution < -0.4 is 5.32 Å². The third kappa shape index (κ3) is 8.75. The molecule has 0 aromatic heterocycles. The van der Waals surface area contributed by atoms with Gasteiger partial charge in [-0.25, -0.2) is 4.79 Å². The van der Waals surface area contributed by atoms with Crippen LogP contribution in [-0.4, -0.2) is 36.2 Å². The smallest absolute Gasteiger partial charge is 0.328 e. The predicted octanol–water partition coefficient (Wildman–Crippen LogP) is 1.58. The van der Waals surface area contributed by atoms with Gasteiger partial charge in [-0.05, 0) is 18.8 Å². The van der Waals surface area contributed by atoms with E-state index in [1.807, 2.05) is 0 Å². The second kappa shape index (κ2) is 9.65. The van der Waals surface area contributed by atoms with Crippen LogP contribution in [0.2, 0.25) is 0 Å². The Hall–Kier alpha value is -1.36. The maximum Gasteiger partial charge on any atom is 0.328 e. The lowest BCUT2D eigenvalue weighted by Crippen LogP contribution is -2.44. The Morgan fingerprint density at radius 3 is 2.61 bits per heavy atom. The molecule has 2 N–H and O–H groups in total. The summed E-state index contributed by atoms with van der Waals surface area (Å²) in [6.45, 7) is 8.14. The van der Waals surface area contributed by atoms with E-state index in [-0.39, 0.29) is 18.9 Å². The van der Waals surface area contributed by atoms with Gasteiger partial charge in [0.15, 0.2) is 6.04 Å². The van der Waals surface area contributed by atoms with Gasteiger partial charge in [-0.3, -0.25) is 4.79 Å². The zero-order valence-electron chi connectivity index (χ0n) is 11.1. The van der Waals surface area contributed by atoms with E-state index >= 15 is 0 Å². The van der Waals surface area contributed by atoms with E-state index in [2.05, 4.69) is 25.7 Å². The van der Waals surface area contributed by atoms with Crippen molar-refractivity contribution in [2.75, 3.05) is 13.2 Å². The van der Waals surface area contributed by atoms with Gasteiger partial charge in [0.1, 0.15) is 0 Å². The van der Waals surface area contributed by atoms with E-state index in [9.17, 15) is 9.59 Å². The van der Waals surface area contributed by atoms with Gasteiger partial charge in [0, 0.05) is 13.0 Å². The minimum atomic E-state index is -1.08. The number of carboxylic acid groups (broad SMARTS) is 1. The highest BCUT2D eigenvalue weighted by molar-refractivity contribution is 5.83. The number of nitrogens with one attached hydrogen (secondary N) is 1. The summed E-state index contributed by atoms with van der Waals surface area (Å²) in [6, 6.07) is -0.977. The van der Waals surface area contributed by atoms with Crippen molar-refractivity contribution in [1.29, 1.82) is 0 Å². The average Bonchev–Trinajstić information content (AvgIpc) is 2.29. The molecule has 0 heterocycles. The van der Waals surface area contributed by atoms with Crippen molar-refractivity contribution < 1.29 is 19.4 Å². The van der Waals surface area contributed by atoms with Crippen LogP contribution in [0.4, 0.5) is 0 Å². The van der Waals surface area contributed by atoms with Crippen LogP contribution in [0.1, 0.15) is 33.1 Å². The van der Waals surface area contributed by atoms with Crippen molar-refractivity contribution >= 4 is 11.9 Å². The molecule has 0 aliphatic heterocycles. The maximum atomic E-state index is 11.4. The van der Waals surface area contributed by atoms with Gasteiger partial charge in [-0.2, -0.15) is 0 Å². The molecule has 1 unspecified atom stereocenters. The molecule has 0 spiro atoms. The molecular weight excluding hydrogens is 234 g/mol. The summed E-state index contributed by atoms with van der Waals surface area (Å²) in [7, 11) is 0. The number of rotatable bonds is 10. The predicted molar refractivity (Wildman–Crippen MR) is 69.3 cm³/mol. The van der Waals surface area contributed by atoms with Crippen molar-refractivity contribution in [3.8, 4) is 0 Å². The van der Waals surface area contributed by atoms with Crippen LogP contribution in [0.15, 0.2) is 12.7 Å². The molecule has 5 nitrogen and oxygen atoms in total. The van der Waals surface area contributed by atoms with Crippen LogP contribution in [0.3, 0.4) is 0 Å². The first-order chi connectivity index (χ1) is 8.47. The Balaban J connectivity index is 3.95. The number of ether oxygens (including phenoxy) is 1. The summed E-state index contributed by atoms with van der Waals surface area (Å²) in [5.74, 6) is -0.864. The van der Waals surface area contributed by atoms with Gasteiger partial charge in [-0.15, -0.1) is 6.58 Å². The van der Waals surface area contributed by atoms with Crippen molar-refractivity contribution in [2.45, 2.75) is 39.2 Å². The quantitative estimate of drug-likeness (QED) is 0.460. The fourth-order valence-corrected chi connectivity index (χ4v) is 1.19. The molecule has 1 atom stereocenters. The molecule has 0 aliphatic carbocycles. The van der Waals surface area contributed by atoms with E-state index in [4.69, 9.17) is 9.84 Å². The third-order valence-electron chi connectivity index (χ3n) is 2.33. The van der Waals surface area contributed by atoms with E-state index in [1.54, 1.807) is 6.08 Å². The van der Waals surface area contributed by atoms with Gasteiger partial charge in [0.05, 0.1) is 6.61 Å². The SMILES string of the molecule is C=CCCC(=O)NC(COCCC(C)C)C(=O)O. The molecule has 18 heavy (non-hydrogen) atoms. The third-order valence-corrected chi connectivity index (χ3v) is 2.33. The number of amides is 1. The second-order valence-corrected chi connectivity index (χ2v) is 4.54. The Bertz CT molecular complexity index is 276. The molecule has 0 aromatic rings. The zero-order chi connectivity index (χ0) is 14.0. The molecule has 0 radical (unpaired) electrons. The Labute approximate surface area is 108 Å². The Kier molecular flexibility index (Phi) is 8.92. The van der Waals surface area contributed by atoms with Crippen LogP contribution in [0, 0.1) is 5.92 Å². The molecule has 0 fully saturated rings. The van der Waals surface area contributed by atoms with Crippen molar-refractivity contribution in [3.63, 3.8) is 0 Å². The number of hydrogen-bond donors (Lipinski definition) is 2. The van der Waals surface area contributed by atoms with Gasteiger partial charge in [-0.1, -0.05) is 19.9 Å². The first-order valence-electron chi connectivity index (χ1n) is 6.18. The zero-order valence-corrected chi connectivity index (χ0v) is 11.1. The van der Waals surface area contributed by atoms with Crippen molar-refractivity contribution in [3.05, 3.63) is 12.7 Å². The van der Waals surface area contributed by atoms with Gasteiger partial charge in [0.25, 0.3) is 0 Å². The average molecular weight is 257 g/mol. The molecule has 0 aromatic carbocycles. The summed E-state index contributed by atoms with van der Waals surface area (Å²) >= 11 is 0. The molecule has 0 bridgehead atoms. The number of hydrogen-bond acceptors (Lipinski definition) is 3. The van der Waals surface area contributed by atoms with Crippen LogP contribution in [-0.2, 0) is 14.3 Å². The molecule has 0 rings (SSSR count). The molecule has 0 saturated carbocycles. The topological polar surface area (TPSA) is 75.6 Å². The highest BCUT2D eigenvalue weighted by Crippen LogP contribution is 2.00. The fraction of sp³-hybridized carbons (Fsp3) is 0.692. The summed E-state index contributed by atoms with van der Waals surface area (Å²) in [5, 5.41) is 11.4. The van der Waals surface area contributed by atoms with Gasteiger partial charge in [0.2, 0.25) is 5.91 Å². The molecule has 0 saturated heterocycles. The summed E-state index contributed by atoms with van der Waals surface area (Å²) in [5.41, 5.74) is 0. The largest absolute Gasteiger partial charge is 0.480 e. The van der Waals surface area contributed by atoms with E-state index < -0.39 is 12.0 Å². The van der Waals surface area contributed by atoms with Crippen molar-refractivity contribution in [2.24, 2.45) is 5.92 Å². The van der Waals surface area contributed by atoms with Crippen LogP contribution in [0.5, 0.6) is 0 Å². The first kappa shape index (κ1) is 16.6. The van der Waals surface area contributed by atoms with Gasteiger partial charge >= 0.3 is 5.97 Å². The summed E-state index contributed by atoms with van der Waals surface area (Å²) < 4.78 is 5.26. The highest BCUT2D eigenvalue weighted by atomic mass is 16.5. The van der Waals surface area contributed by atoms with E-state index in [1.165, 1.54) is 0 Å². The van der Waals surface area contributed by atoms with Gasteiger partial charge < -0.3 is 15.2 Å². The lowest BCUT2D eigenvalue weighted by molar-refractivity contribution is -0.143. The summed E-state index contributed by atoms with van der Waals surface area (Å²) in [4.78, 5) is 22.3. The molecule has 104 valence electrons. The Morgan fingerprint density at radius 2 is 2.11 bits per heavy atom. The lowest BCUT2D eigenvalue weighted by atomic mass is 10.1. The number of carbonyl (C=O) groups is 2. The normalized spacial score (nSPS) is 12.2.